The van der Waals surface area contributed by atoms with Crippen LogP contribution in [-0.2, 0) is 33.3 Å². The van der Waals surface area contributed by atoms with Crippen LogP contribution in [0.25, 0.3) is 11.3 Å². The van der Waals surface area contributed by atoms with E-state index in [-0.39, 0.29) is 24.3 Å². The highest BCUT2D eigenvalue weighted by molar-refractivity contribution is 7.88. The number of rotatable bonds is 9. The highest BCUT2D eigenvalue weighted by atomic mass is 32.2. The van der Waals surface area contributed by atoms with Crippen LogP contribution in [-0.4, -0.2) is 40.4 Å². The minimum Gasteiger partial charge on any atom is -0.481 e. The fraction of sp³-hybridized carbons (Fsp3) is 0.333. The molecule has 9 nitrogen and oxygen atoms in total. The summed E-state index contributed by atoms with van der Waals surface area (Å²) in [6.07, 6.45) is 1.38. The van der Waals surface area contributed by atoms with Crippen molar-refractivity contribution < 1.29 is 40.0 Å². The van der Waals surface area contributed by atoms with Gasteiger partial charge in [-0.15, -0.1) is 0 Å². The molecule has 0 saturated heterocycles. The number of alkyl halides is 3. The third-order valence-electron chi connectivity index (χ3n) is 6.40. The molecule has 0 aliphatic heterocycles. The molecule has 0 bridgehead atoms. The van der Waals surface area contributed by atoms with Gasteiger partial charge in [0.25, 0.3) is 5.88 Å². The number of halogens is 3. The molecule has 46 heavy (non-hydrogen) atoms. The van der Waals surface area contributed by atoms with Crippen LogP contribution >= 0.6 is 0 Å². The summed E-state index contributed by atoms with van der Waals surface area (Å²) in [7, 11) is -6.21. The van der Waals surface area contributed by atoms with Crippen molar-refractivity contribution in [3.63, 3.8) is 0 Å². The first-order valence-corrected chi connectivity index (χ1v) is 15.6. The molecule has 0 unspecified atom stereocenters. The molecule has 2 aromatic carbocycles. The predicted molar refractivity (Wildman–Crippen MR) is 165 cm³/mol. The van der Waals surface area contributed by atoms with Crippen LogP contribution in [0.2, 0.25) is 0 Å². The average Bonchev–Trinajstić information content (AvgIpc) is 2.95. The second kappa shape index (κ2) is 13.1. The zero-order chi connectivity index (χ0) is 33.9. The molecular weight excluding hydrogens is 623 g/mol. The first kappa shape index (κ1) is 34.4. The first-order valence-electron chi connectivity index (χ1n) is 14.2. The summed E-state index contributed by atoms with van der Waals surface area (Å²) in [6.45, 7) is 10.8. The molecule has 13 heteroatoms. The molecule has 2 aromatic heterocycles. The predicted octanol–water partition coefficient (Wildman–Crippen LogP) is 7.19. The SMILES string of the molecule is CC(C)(C)OC(=O)c1nc(Cc2ccc(-c3ccc(C(C)(C)C)cc3)nc2)nc(OS(=O)(=O)C(F)(F)F)c1OCc1ccccc1. The number of carbonyl (C=O) groups excluding carboxylic acids is 1. The average molecular weight is 658 g/mol. The smallest absolute Gasteiger partial charge is 0.481 e. The summed E-state index contributed by atoms with van der Waals surface area (Å²) in [5.74, 6) is -3.14. The lowest BCUT2D eigenvalue weighted by Gasteiger charge is -2.21. The van der Waals surface area contributed by atoms with E-state index >= 15 is 0 Å². The minimum atomic E-state index is -6.21. The summed E-state index contributed by atoms with van der Waals surface area (Å²) < 4.78 is 79.9. The summed E-state index contributed by atoms with van der Waals surface area (Å²) >= 11 is 0. The Bertz CT molecular complexity index is 1780. The van der Waals surface area contributed by atoms with Gasteiger partial charge in [0.15, 0.2) is 5.69 Å². The van der Waals surface area contributed by atoms with Gasteiger partial charge < -0.3 is 13.7 Å². The second-order valence-corrected chi connectivity index (χ2v) is 14.0. The van der Waals surface area contributed by atoms with E-state index in [4.69, 9.17) is 9.47 Å². The molecule has 0 amide bonds. The van der Waals surface area contributed by atoms with Crippen LogP contribution in [0.5, 0.6) is 11.6 Å². The largest absolute Gasteiger partial charge is 0.534 e. The Balaban J connectivity index is 1.74. The van der Waals surface area contributed by atoms with Crippen LogP contribution in [0.4, 0.5) is 13.2 Å². The van der Waals surface area contributed by atoms with Gasteiger partial charge in [0, 0.05) is 18.2 Å². The molecule has 0 radical (unpaired) electrons. The van der Waals surface area contributed by atoms with Crippen molar-refractivity contribution in [3.05, 3.63) is 101 Å². The number of aromatic nitrogens is 3. The van der Waals surface area contributed by atoms with Crippen LogP contribution in [0, 0.1) is 0 Å². The molecule has 0 fully saturated rings. The number of esters is 1. The van der Waals surface area contributed by atoms with Crippen LogP contribution in [0.1, 0.15) is 74.5 Å². The van der Waals surface area contributed by atoms with Crippen molar-refractivity contribution in [2.75, 3.05) is 0 Å². The fourth-order valence-electron chi connectivity index (χ4n) is 4.11. The van der Waals surface area contributed by atoms with Crippen molar-refractivity contribution in [1.29, 1.82) is 0 Å². The number of ether oxygens (including phenoxy) is 2. The minimum absolute atomic E-state index is 0.0158. The van der Waals surface area contributed by atoms with Gasteiger partial charge in [-0.1, -0.05) is 81.4 Å². The Kier molecular flexibility index (Phi) is 9.76. The fourth-order valence-corrected chi connectivity index (χ4v) is 4.52. The molecule has 0 N–H and O–H groups in total. The van der Waals surface area contributed by atoms with Gasteiger partial charge in [-0.25, -0.2) is 9.78 Å². The van der Waals surface area contributed by atoms with Gasteiger partial charge in [-0.05, 0) is 48.9 Å². The molecule has 0 saturated carbocycles. The highest BCUT2D eigenvalue weighted by Gasteiger charge is 2.49. The molecule has 0 spiro atoms. The lowest BCUT2D eigenvalue weighted by atomic mass is 9.86. The topological polar surface area (TPSA) is 118 Å². The lowest BCUT2D eigenvalue weighted by Crippen LogP contribution is -2.29. The maximum Gasteiger partial charge on any atom is 0.534 e. The number of pyridine rings is 1. The Labute approximate surface area is 265 Å². The Morgan fingerprint density at radius 2 is 1.48 bits per heavy atom. The van der Waals surface area contributed by atoms with Crippen molar-refractivity contribution in [1.82, 2.24) is 15.0 Å². The van der Waals surface area contributed by atoms with Crippen molar-refractivity contribution in [3.8, 4) is 22.9 Å². The first-order chi connectivity index (χ1) is 21.3. The Hall–Kier alpha value is -4.52. The van der Waals surface area contributed by atoms with Gasteiger partial charge in [0.05, 0.1) is 5.69 Å². The number of benzene rings is 2. The van der Waals surface area contributed by atoms with E-state index in [2.05, 4.69) is 39.9 Å². The zero-order valence-corrected chi connectivity index (χ0v) is 27.0. The second-order valence-electron chi connectivity index (χ2n) is 12.4. The molecule has 4 rings (SSSR count). The summed E-state index contributed by atoms with van der Waals surface area (Å²) in [4.78, 5) is 26.0. The monoisotopic (exact) mass is 657 g/mol. The molecule has 244 valence electrons. The van der Waals surface area contributed by atoms with Crippen LogP contribution in [0.15, 0.2) is 72.9 Å². The Morgan fingerprint density at radius 1 is 0.826 bits per heavy atom. The number of hydrogen-bond acceptors (Lipinski definition) is 9. The lowest BCUT2D eigenvalue weighted by molar-refractivity contribution is -0.0502. The van der Waals surface area contributed by atoms with Gasteiger partial charge in [-0.3, -0.25) is 4.98 Å². The van der Waals surface area contributed by atoms with Crippen molar-refractivity contribution >= 4 is 16.1 Å². The molecule has 0 atom stereocenters. The Morgan fingerprint density at radius 3 is 2.02 bits per heavy atom. The summed E-state index contributed by atoms with van der Waals surface area (Å²) in [6, 6.07) is 19.9. The van der Waals surface area contributed by atoms with Crippen molar-refractivity contribution in [2.45, 2.75) is 71.1 Å². The molecule has 4 aromatic rings. The van der Waals surface area contributed by atoms with E-state index in [1.165, 1.54) is 6.20 Å². The standard InChI is InChI=1S/C33H34F3N3O6S/c1-31(2,3)24-15-13-23(14-16-24)25-17-12-22(19-37-25)18-26-38-27(30(40)44-32(4,5)6)28(43-20-21-10-8-7-9-11-21)29(39-26)45-46(41,42)33(34,35)36/h7-17,19H,18,20H2,1-6H3. The molecular formula is C33H34F3N3O6S. The van der Waals surface area contributed by atoms with Crippen LogP contribution in [0.3, 0.4) is 0 Å². The van der Waals surface area contributed by atoms with E-state index in [1.54, 1.807) is 63.2 Å². The highest BCUT2D eigenvalue weighted by Crippen LogP contribution is 2.35. The van der Waals surface area contributed by atoms with E-state index in [0.29, 0.717) is 16.8 Å². The number of hydrogen-bond donors (Lipinski definition) is 0. The van der Waals surface area contributed by atoms with Gasteiger partial charge in [-0.2, -0.15) is 26.6 Å². The summed E-state index contributed by atoms with van der Waals surface area (Å²) in [5, 5.41) is 0. The number of carbonyl (C=O) groups is 1. The zero-order valence-electron chi connectivity index (χ0n) is 26.2. The van der Waals surface area contributed by atoms with E-state index in [1.807, 2.05) is 24.3 Å². The van der Waals surface area contributed by atoms with E-state index in [0.717, 1.165) is 11.1 Å². The van der Waals surface area contributed by atoms with Crippen molar-refractivity contribution in [2.24, 2.45) is 0 Å². The number of nitrogens with zero attached hydrogens (tertiary/aromatic N) is 3. The normalized spacial score (nSPS) is 12.5. The third kappa shape index (κ3) is 8.81. The van der Waals surface area contributed by atoms with Gasteiger partial charge >= 0.3 is 21.6 Å². The maximum atomic E-state index is 13.4. The molecule has 0 aliphatic carbocycles. The van der Waals surface area contributed by atoms with Gasteiger partial charge in [0.1, 0.15) is 18.0 Å². The third-order valence-corrected chi connectivity index (χ3v) is 7.35. The summed E-state index contributed by atoms with van der Waals surface area (Å²) in [5.41, 5.74) is -3.66. The quantitative estimate of drug-likeness (QED) is 0.105. The molecule has 0 aliphatic rings. The van der Waals surface area contributed by atoms with Crippen LogP contribution < -0.4 is 8.92 Å². The van der Waals surface area contributed by atoms with E-state index in [9.17, 15) is 26.4 Å². The van der Waals surface area contributed by atoms with Gasteiger partial charge in [0.2, 0.25) is 5.75 Å². The molecule has 2 heterocycles. The maximum absolute atomic E-state index is 13.4. The van der Waals surface area contributed by atoms with E-state index < -0.39 is 44.5 Å².